The molecule has 0 radical (unpaired) electrons. The first-order chi connectivity index (χ1) is 14.6. The third-order valence-corrected chi connectivity index (χ3v) is 8.84. The van der Waals surface area contributed by atoms with E-state index in [0.717, 1.165) is 32.1 Å². The van der Waals surface area contributed by atoms with Crippen molar-refractivity contribution in [2.75, 3.05) is 13.2 Å². The van der Waals surface area contributed by atoms with Gasteiger partial charge in [0.2, 0.25) is 0 Å². The molecule has 4 aliphatic rings. The SMILES string of the molecule is CCCCCC[C@]12CC[C@@H](O)[C@H](C#C[C@@H](O)C3CCCCC3)[C@H]1C(C)C21OCCO1. The Hall–Kier alpha value is -0.600. The zero-order valence-electron chi connectivity index (χ0n) is 19.1. The molecule has 30 heavy (non-hydrogen) atoms. The average molecular weight is 419 g/mol. The lowest BCUT2D eigenvalue weighted by atomic mass is 9.40. The van der Waals surface area contributed by atoms with Gasteiger partial charge in [-0.15, -0.1) is 0 Å². The zero-order chi connectivity index (χ0) is 21.2. The number of rotatable bonds is 6. The molecule has 0 aromatic rings. The molecule has 1 heterocycles. The van der Waals surface area contributed by atoms with Gasteiger partial charge < -0.3 is 19.7 Å². The van der Waals surface area contributed by atoms with Crippen molar-refractivity contribution in [2.45, 2.75) is 109 Å². The first-order valence-corrected chi connectivity index (χ1v) is 12.7. The molecule has 2 N–H and O–H groups in total. The van der Waals surface area contributed by atoms with Crippen molar-refractivity contribution in [3.8, 4) is 11.8 Å². The number of aliphatic hydroxyl groups is 2. The Morgan fingerprint density at radius 1 is 1.03 bits per heavy atom. The first-order valence-electron chi connectivity index (χ1n) is 12.7. The largest absolute Gasteiger partial charge is 0.392 e. The molecule has 170 valence electrons. The third kappa shape index (κ3) is 3.75. The van der Waals surface area contributed by atoms with Gasteiger partial charge in [0.15, 0.2) is 5.79 Å². The highest BCUT2D eigenvalue weighted by atomic mass is 16.7. The molecular weight excluding hydrogens is 376 g/mol. The molecule has 3 saturated carbocycles. The van der Waals surface area contributed by atoms with Gasteiger partial charge in [-0.25, -0.2) is 0 Å². The van der Waals surface area contributed by atoms with Crippen LogP contribution in [0.2, 0.25) is 0 Å². The van der Waals surface area contributed by atoms with E-state index in [1.54, 1.807) is 0 Å². The van der Waals surface area contributed by atoms with Gasteiger partial charge in [0.25, 0.3) is 0 Å². The number of unbranched alkanes of at least 4 members (excludes halogenated alkanes) is 3. The summed E-state index contributed by atoms with van der Waals surface area (Å²) in [4.78, 5) is 0. The standard InChI is InChI=1S/C26H42O4/c1-3-4-5-9-15-25-16-14-23(28)21(12-13-22(27)20-10-7-6-8-11-20)24(25)19(2)26(25)29-17-18-30-26/h19-24,27-28H,3-11,14-18H2,1-2H3/t19?,21-,22+,23+,24+,25-/m0/s1. The van der Waals surface area contributed by atoms with E-state index < -0.39 is 18.0 Å². The quantitative estimate of drug-likeness (QED) is 0.486. The lowest BCUT2D eigenvalue weighted by Gasteiger charge is -2.69. The van der Waals surface area contributed by atoms with Crippen LogP contribution in [0, 0.1) is 40.9 Å². The molecule has 0 aromatic carbocycles. The summed E-state index contributed by atoms with van der Waals surface area (Å²) in [7, 11) is 0. The molecule has 0 aromatic heterocycles. The van der Waals surface area contributed by atoms with Gasteiger partial charge in [-0.05, 0) is 43.9 Å². The van der Waals surface area contributed by atoms with Crippen LogP contribution in [0.5, 0.6) is 0 Å². The third-order valence-electron chi connectivity index (χ3n) is 8.84. The minimum atomic E-state index is -0.554. The maximum atomic E-state index is 10.9. The Labute approximate surface area is 183 Å². The zero-order valence-corrected chi connectivity index (χ0v) is 19.1. The fraction of sp³-hybridized carbons (Fsp3) is 0.923. The lowest BCUT2D eigenvalue weighted by molar-refractivity contribution is -0.388. The van der Waals surface area contributed by atoms with Crippen LogP contribution in [0.25, 0.3) is 0 Å². The molecule has 1 spiro atoms. The Morgan fingerprint density at radius 3 is 2.47 bits per heavy atom. The number of ether oxygens (including phenoxy) is 2. The fourth-order valence-corrected chi connectivity index (χ4v) is 7.37. The highest BCUT2D eigenvalue weighted by molar-refractivity contribution is 5.25. The van der Waals surface area contributed by atoms with Crippen LogP contribution in [-0.4, -0.2) is 41.4 Å². The Morgan fingerprint density at radius 2 is 1.77 bits per heavy atom. The maximum absolute atomic E-state index is 10.9. The van der Waals surface area contributed by atoms with E-state index in [1.165, 1.54) is 44.9 Å². The van der Waals surface area contributed by atoms with E-state index in [1.807, 2.05) is 0 Å². The molecule has 4 nitrogen and oxygen atoms in total. The van der Waals surface area contributed by atoms with E-state index in [9.17, 15) is 10.2 Å². The molecule has 3 aliphatic carbocycles. The smallest absolute Gasteiger partial charge is 0.177 e. The second kappa shape index (κ2) is 9.49. The Balaban J connectivity index is 1.54. The molecule has 4 heteroatoms. The van der Waals surface area contributed by atoms with Gasteiger partial charge in [0, 0.05) is 11.3 Å². The highest BCUT2D eigenvalue weighted by Gasteiger charge is 2.75. The monoisotopic (exact) mass is 418 g/mol. The summed E-state index contributed by atoms with van der Waals surface area (Å²) < 4.78 is 12.6. The number of fused-ring (bicyclic) bond motifs is 2. The summed E-state index contributed by atoms with van der Waals surface area (Å²) in [6.45, 7) is 5.82. The van der Waals surface area contributed by atoms with Crippen molar-refractivity contribution in [1.29, 1.82) is 0 Å². The van der Waals surface area contributed by atoms with Crippen LogP contribution in [0.4, 0.5) is 0 Å². The normalized spacial score (nSPS) is 39.1. The summed E-state index contributed by atoms with van der Waals surface area (Å²) in [6.07, 6.45) is 12.6. The Kier molecular flexibility index (Phi) is 7.15. The highest BCUT2D eigenvalue weighted by Crippen LogP contribution is 2.71. The van der Waals surface area contributed by atoms with Crippen LogP contribution in [0.1, 0.15) is 90.9 Å². The number of aliphatic hydroxyl groups excluding tert-OH is 2. The van der Waals surface area contributed by atoms with Crippen LogP contribution >= 0.6 is 0 Å². The summed E-state index contributed by atoms with van der Waals surface area (Å²) in [5.41, 5.74) is -0.0367. The van der Waals surface area contributed by atoms with Crippen molar-refractivity contribution in [2.24, 2.45) is 29.1 Å². The average Bonchev–Trinajstić information content (AvgIpc) is 3.30. The lowest BCUT2D eigenvalue weighted by Crippen LogP contribution is -2.74. The molecule has 1 unspecified atom stereocenters. The summed E-state index contributed by atoms with van der Waals surface area (Å²) in [5, 5.41) is 21.6. The van der Waals surface area contributed by atoms with Crippen LogP contribution in [0.3, 0.4) is 0 Å². The Bertz CT molecular complexity index is 625. The fourth-order valence-electron chi connectivity index (χ4n) is 7.37. The molecule has 1 saturated heterocycles. The van der Waals surface area contributed by atoms with Crippen LogP contribution < -0.4 is 0 Å². The van der Waals surface area contributed by atoms with E-state index in [-0.39, 0.29) is 23.2 Å². The van der Waals surface area contributed by atoms with Gasteiger partial charge in [-0.3, -0.25) is 0 Å². The van der Waals surface area contributed by atoms with Crippen molar-refractivity contribution < 1.29 is 19.7 Å². The summed E-state index contributed by atoms with van der Waals surface area (Å²) >= 11 is 0. The minimum absolute atomic E-state index is 0.0367. The number of hydrogen-bond donors (Lipinski definition) is 2. The van der Waals surface area contributed by atoms with E-state index in [4.69, 9.17) is 9.47 Å². The van der Waals surface area contributed by atoms with Gasteiger partial charge in [-0.2, -0.15) is 0 Å². The van der Waals surface area contributed by atoms with Gasteiger partial charge in [0.1, 0.15) is 6.10 Å². The van der Waals surface area contributed by atoms with Crippen molar-refractivity contribution in [3.05, 3.63) is 0 Å². The van der Waals surface area contributed by atoms with Gasteiger partial charge in [0.05, 0.1) is 25.2 Å². The first kappa shape index (κ1) is 22.6. The maximum Gasteiger partial charge on any atom is 0.177 e. The van der Waals surface area contributed by atoms with E-state index in [0.29, 0.717) is 19.1 Å². The molecular formula is C26H42O4. The predicted molar refractivity (Wildman–Crippen MR) is 118 cm³/mol. The van der Waals surface area contributed by atoms with E-state index in [2.05, 4.69) is 25.7 Å². The van der Waals surface area contributed by atoms with Gasteiger partial charge in [-0.1, -0.05) is 70.6 Å². The van der Waals surface area contributed by atoms with Crippen molar-refractivity contribution in [3.63, 3.8) is 0 Å². The van der Waals surface area contributed by atoms with E-state index >= 15 is 0 Å². The predicted octanol–water partition coefficient (Wildman–Crippen LogP) is 4.67. The number of hydrogen-bond acceptors (Lipinski definition) is 4. The molecule has 4 fully saturated rings. The second-order valence-corrected chi connectivity index (χ2v) is 10.4. The molecule has 0 bridgehead atoms. The summed E-state index contributed by atoms with van der Waals surface area (Å²) in [6, 6.07) is 0. The topological polar surface area (TPSA) is 58.9 Å². The molecule has 4 rings (SSSR count). The molecule has 0 amide bonds. The minimum Gasteiger partial charge on any atom is -0.392 e. The summed E-state index contributed by atoms with van der Waals surface area (Å²) in [5.74, 6) is 6.85. The van der Waals surface area contributed by atoms with Crippen LogP contribution in [-0.2, 0) is 9.47 Å². The van der Waals surface area contributed by atoms with Gasteiger partial charge >= 0.3 is 0 Å². The van der Waals surface area contributed by atoms with Crippen LogP contribution in [0.15, 0.2) is 0 Å². The second-order valence-electron chi connectivity index (χ2n) is 10.4. The molecule has 1 aliphatic heterocycles. The van der Waals surface area contributed by atoms with Crippen molar-refractivity contribution >= 4 is 0 Å². The molecule has 6 atom stereocenters. The van der Waals surface area contributed by atoms with Crippen molar-refractivity contribution in [1.82, 2.24) is 0 Å².